The van der Waals surface area contributed by atoms with Crippen LogP contribution in [-0.2, 0) is 10.3 Å². The molecule has 1 fully saturated rings. The molecule has 3 heteroatoms. The fourth-order valence-electron chi connectivity index (χ4n) is 4.10. The van der Waals surface area contributed by atoms with E-state index in [1.807, 2.05) is 59.5 Å². The van der Waals surface area contributed by atoms with Crippen molar-refractivity contribution in [3.8, 4) is 0 Å². The Morgan fingerprint density at radius 1 is 0.815 bits per heavy atom. The second-order valence-electron chi connectivity index (χ2n) is 6.93. The van der Waals surface area contributed by atoms with E-state index in [1.165, 1.54) is 0 Å². The van der Waals surface area contributed by atoms with Gasteiger partial charge in [-0.1, -0.05) is 91.0 Å². The summed E-state index contributed by atoms with van der Waals surface area (Å²) in [7, 11) is 0. The van der Waals surface area contributed by atoms with Crippen molar-refractivity contribution >= 4 is 11.7 Å². The molecule has 0 bridgehead atoms. The van der Waals surface area contributed by atoms with E-state index in [0.717, 1.165) is 22.3 Å². The van der Waals surface area contributed by atoms with Crippen molar-refractivity contribution in [1.29, 1.82) is 0 Å². The number of benzene rings is 3. The third-order valence-electron chi connectivity index (χ3n) is 5.42. The molecule has 1 aliphatic heterocycles. The molecule has 3 nitrogen and oxygen atoms in total. The summed E-state index contributed by atoms with van der Waals surface area (Å²) in [6.07, 6.45) is 1.91. The zero-order chi connectivity index (χ0) is 18.3. The first-order valence-corrected chi connectivity index (χ1v) is 9.16. The zero-order valence-corrected chi connectivity index (χ0v) is 14.8. The van der Waals surface area contributed by atoms with Crippen LogP contribution in [0.4, 0.5) is 4.79 Å². The number of hydrogen-bond acceptors (Lipinski definition) is 2. The molecule has 5 rings (SSSR count). The Hall–Kier alpha value is -3.33. The van der Waals surface area contributed by atoms with Crippen molar-refractivity contribution in [1.82, 2.24) is 4.90 Å². The SMILES string of the molecule is O=C1OC[C@H](c2ccccc2)N1[C@]1(c2ccccc2)C=C1c1ccccc1. The molecule has 0 radical (unpaired) electrons. The summed E-state index contributed by atoms with van der Waals surface area (Å²) in [4.78, 5) is 14.8. The average molecular weight is 353 g/mol. The van der Waals surface area contributed by atoms with Gasteiger partial charge in [-0.15, -0.1) is 0 Å². The van der Waals surface area contributed by atoms with Crippen LogP contribution in [0.25, 0.3) is 5.57 Å². The number of cyclic esters (lactones) is 1. The highest BCUT2D eigenvalue weighted by Gasteiger charge is 2.58. The molecule has 132 valence electrons. The Morgan fingerprint density at radius 3 is 2.07 bits per heavy atom. The predicted molar refractivity (Wildman–Crippen MR) is 105 cm³/mol. The van der Waals surface area contributed by atoms with E-state index in [4.69, 9.17) is 4.74 Å². The summed E-state index contributed by atoms with van der Waals surface area (Å²) in [5.41, 5.74) is 3.90. The lowest BCUT2D eigenvalue weighted by Gasteiger charge is -2.33. The van der Waals surface area contributed by atoms with E-state index in [0.29, 0.717) is 6.61 Å². The summed E-state index contributed by atoms with van der Waals surface area (Å²) >= 11 is 0. The normalized spacial score (nSPS) is 23.7. The number of amides is 1. The molecule has 0 aromatic heterocycles. The van der Waals surface area contributed by atoms with Crippen LogP contribution in [0.15, 0.2) is 97.1 Å². The van der Waals surface area contributed by atoms with Crippen LogP contribution in [0.1, 0.15) is 22.7 Å². The van der Waals surface area contributed by atoms with Crippen LogP contribution >= 0.6 is 0 Å². The third-order valence-corrected chi connectivity index (χ3v) is 5.42. The van der Waals surface area contributed by atoms with E-state index in [9.17, 15) is 4.79 Å². The molecular formula is C24H19NO2. The van der Waals surface area contributed by atoms with Gasteiger partial charge in [0.1, 0.15) is 12.1 Å². The van der Waals surface area contributed by atoms with Crippen LogP contribution in [-0.4, -0.2) is 17.6 Å². The van der Waals surface area contributed by atoms with Gasteiger partial charge in [-0.2, -0.15) is 0 Å². The molecule has 27 heavy (non-hydrogen) atoms. The lowest BCUT2D eigenvalue weighted by Crippen LogP contribution is -2.40. The largest absolute Gasteiger partial charge is 0.447 e. The quantitative estimate of drug-likeness (QED) is 0.647. The molecule has 2 atom stereocenters. The average Bonchev–Trinajstić information content (AvgIpc) is 3.38. The van der Waals surface area contributed by atoms with Gasteiger partial charge in [-0.3, -0.25) is 4.90 Å². The first-order chi connectivity index (χ1) is 13.3. The minimum atomic E-state index is -0.559. The lowest BCUT2D eigenvalue weighted by molar-refractivity contribution is 0.144. The maximum absolute atomic E-state index is 12.9. The van der Waals surface area contributed by atoms with Crippen LogP contribution in [0.5, 0.6) is 0 Å². The number of rotatable bonds is 4. The van der Waals surface area contributed by atoms with Gasteiger partial charge in [0.05, 0.1) is 6.04 Å². The van der Waals surface area contributed by atoms with Crippen LogP contribution < -0.4 is 0 Å². The van der Waals surface area contributed by atoms with Gasteiger partial charge < -0.3 is 4.74 Å². The maximum atomic E-state index is 12.9. The molecule has 3 aromatic rings. The molecule has 0 saturated carbocycles. The van der Waals surface area contributed by atoms with Gasteiger partial charge in [-0.05, 0) is 28.3 Å². The summed E-state index contributed by atoms with van der Waals surface area (Å²) in [5.74, 6) is 0. The number of hydrogen-bond donors (Lipinski definition) is 0. The van der Waals surface area contributed by atoms with Crippen LogP contribution in [0.2, 0.25) is 0 Å². The van der Waals surface area contributed by atoms with Crippen LogP contribution in [0.3, 0.4) is 0 Å². The molecule has 0 N–H and O–H groups in total. The molecule has 1 saturated heterocycles. The molecule has 1 heterocycles. The Labute approximate surface area is 158 Å². The molecule has 0 unspecified atom stereocenters. The monoisotopic (exact) mass is 353 g/mol. The number of carbonyl (C=O) groups excluding carboxylic acids is 1. The molecular weight excluding hydrogens is 334 g/mol. The number of ether oxygens (including phenoxy) is 1. The van der Waals surface area contributed by atoms with Gasteiger partial charge in [0, 0.05) is 0 Å². The van der Waals surface area contributed by atoms with Crippen molar-refractivity contribution in [2.75, 3.05) is 6.61 Å². The molecule has 1 amide bonds. The Kier molecular flexibility index (Phi) is 3.61. The van der Waals surface area contributed by atoms with Gasteiger partial charge in [0.25, 0.3) is 0 Å². The van der Waals surface area contributed by atoms with E-state index < -0.39 is 5.54 Å². The van der Waals surface area contributed by atoms with Crippen LogP contribution in [0, 0.1) is 0 Å². The van der Waals surface area contributed by atoms with Crippen molar-refractivity contribution in [2.24, 2.45) is 0 Å². The second kappa shape index (κ2) is 6.13. The molecule has 2 aliphatic rings. The van der Waals surface area contributed by atoms with E-state index in [1.54, 1.807) is 0 Å². The van der Waals surface area contributed by atoms with E-state index >= 15 is 0 Å². The summed E-state index contributed by atoms with van der Waals surface area (Å²) < 4.78 is 5.52. The Balaban J connectivity index is 1.62. The molecule has 3 aromatic carbocycles. The number of nitrogens with zero attached hydrogens (tertiary/aromatic N) is 1. The van der Waals surface area contributed by atoms with E-state index in [-0.39, 0.29) is 12.1 Å². The fraction of sp³-hybridized carbons (Fsp3) is 0.125. The Bertz CT molecular complexity index is 998. The van der Waals surface area contributed by atoms with Crippen molar-refractivity contribution in [3.63, 3.8) is 0 Å². The summed E-state index contributed by atoms with van der Waals surface area (Å²) in [5, 5.41) is 0. The van der Waals surface area contributed by atoms with Gasteiger partial charge in [-0.25, -0.2) is 4.79 Å². The summed E-state index contributed by atoms with van der Waals surface area (Å²) in [6, 6.07) is 30.5. The smallest absolute Gasteiger partial charge is 0.411 e. The molecule has 1 aliphatic carbocycles. The Morgan fingerprint density at radius 2 is 1.41 bits per heavy atom. The third kappa shape index (κ3) is 2.47. The first-order valence-electron chi connectivity index (χ1n) is 9.16. The maximum Gasteiger partial charge on any atom is 0.411 e. The lowest BCUT2D eigenvalue weighted by atomic mass is 9.92. The second-order valence-corrected chi connectivity index (χ2v) is 6.93. The highest BCUT2D eigenvalue weighted by molar-refractivity contribution is 5.94. The topological polar surface area (TPSA) is 29.5 Å². The zero-order valence-electron chi connectivity index (χ0n) is 14.8. The minimum absolute atomic E-state index is 0.114. The summed E-state index contributed by atoms with van der Waals surface area (Å²) in [6.45, 7) is 0.368. The van der Waals surface area contributed by atoms with E-state index in [2.05, 4.69) is 42.5 Å². The predicted octanol–water partition coefficient (Wildman–Crippen LogP) is 5.17. The van der Waals surface area contributed by atoms with Gasteiger partial charge >= 0.3 is 6.09 Å². The number of carbonyl (C=O) groups is 1. The first kappa shape index (κ1) is 15.9. The van der Waals surface area contributed by atoms with Crippen molar-refractivity contribution in [2.45, 2.75) is 11.6 Å². The fourth-order valence-corrected chi connectivity index (χ4v) is 4.10. The molecule has 0 spiro atoms. The standard InChI is InChI=1S/C24H19NO2/c26-23-25(22(17-27-23)19-12-6-2-7-13-19)24(20-14-8-3-9-15-20)16-21(24)18-10-4-1-5-11-18/h1-16,22H,17H2/t22-,24+/m1/s1. The highest BCUT2D eigenvalue weighted by atomic mass is 16.6. The highest BCUT2D eigenvalue weighted by Crippen LogP contribution is 2.58. The van der Waals surface area contributed by atoms with Gasteiger partial charge in [0.2, 0.25) is 0 Å². The van der Waals surface area contributed by atoms with Gasteiger partial charge in [0.15, 0.2) is 0 Å². The van der Waals surface area contributed by atoms with Crippen molar-refractivity contribution in [3.05, 3.63) is 114 Å². The minimum Gasteiger partial charge on any atom is -0.447 e. The van der Waals surface area contributed by atoms with Crippen molar-refractivity contribution < 1.29 is 9.53 Å².